The van der Waals surface area contributed by atoms with Gasteiger partial charge in [0.25, 0.3) is 0 Å². The summed E-state index contributed by atoms with van der Waals surface area (Å²) in [5.74, 6) is -1.15. The normalized spacial score (nSPS) is 14.9. The Morgan fingerprint density at radius 2 is 1.86 bits per heavy atom. The van der Waals surface area contributed by atoms with Crippen LogP contribution in [0.15, 0.2) is 0 Å². The molecule has 0 saturated heterocycles. The Labute approximate surface area is 83.7 Å². The Balaban J connectivity index is 3.93. The lowest BCUT2D eigenvalue weighted by Crippen LogP contribution is -2.42. The monoisotopic (exact) mass is 202 g/mol. The zero-order valence-electron chi connectivity index (χ0n) is 8.78. The Bertz CT molecular complexity index is 216. The van der Waals surface area contributed by atoms with Gasteiger partial charge in [-0.15, -0.1) is 0 Å². The van der Waals surface area contributed by atoms with E-state index in [0.29, 0.717) is 0 Å². The second-order valence-corrected chi connectivity index (χ2v) is 3.74. The van der Waals surface area contributed by atoms with Crippen LogP contribution < -0.4 is 11.1 Å². The number of aliphatic carboxylic acids is 1. The third-order valence-electron chi connectivity index (χ3n) is 2.03. The molecule has 1 amide bonds. The second-order valence-electron chi connectivity index (χ2n) is 3.74. The molecule has 0 aliphatic heterocycles. The molecule has 0 radical (unpaired) electrons. The summed E-state index contributed by atoms with van der Waals surface area (Å²) in [6.45, 7) is 5.25. The van der Waals surface area contributed by atoms with Crippen molar-refractivity contribution in [2.45, 2.75) is 39.3 Å². The first kappa shape index (κ1) is 12.9. The lowest BCUT2D eigenvalue weighted by molar-refractivity contribution is -0.141. The Morgan fingerprint density at radius 1 is 1.36 bits per heavy atom. The summed E-state index contributed by atoms with van der Waals surface area (Å²) in [6, 6.07) is -1.09. The number of carboxylic acids is 1. The minimum Gasteiger partial charge on any atom is -0.480 e. The molecule has 14 heavy (non-hydrogen) atoms. The van der Waals surface area contributed by atoms with E-state index in [0.717, 1.165) is 0 Å². The van der Waals surface area contributed by atoms with Gasteiger partial charge in [0, 0.05) is 12.5 Å². The minimum absolute atomic E-state index is 0.162. The third-order valence-corrected chi connectivity index (χ3v) is 2.03. The zero-order chi connectivity index (χ0) is 11.3. The summed E-state index contributed by atoms with van der Waals surface area (Å²) in [6.07, 6.45) is 0.162. The smallest absolute Gasteiger partial charge is 0.325 e. The van der Waals surface area contributed by atoms with Crippen LogP contribution in [0.2, 0.25) is 0 Å². The maximum Gasteiger partial charge on any atom is 0.325 e. The van der Waals surface area contributed by atoms with Crippen LogP contribution in [0, 0.1) is 5.92 Å². The SMILES string of the molecule is CC(C)C(N)CC(=O)N[C@@H](C)C(=O)O. The van der Waals surface area contributed by atoms with Crippen molar-refractivity contribution >= 4 is 11.9 Å². The van der Waals surface area contributed by atoms with Crippen LogP contribution in [0.5, 0.6) is 0 Å². The molecule has 0 heterocycles. The number of carbonyl (C=O) groups excluding carboxylic acids is 1. The van der Waals surface area contributed by atoms with Gasteiger partial charge in [-0.1, -0.05) is 13.8 Å². The summed E-state index contributed by atoms with van der Waals surface area (Å²) in [5.41, 5.74) is 5.66. The van der Waals surface area contributed by atoms with E-state index in [-0.39, 0.29) is 24.3 Å². The fourth-order valence-corrected chi connectivity index (χ4v) is 0.812. The van der Waals surface area contributed by atoms with Crippen molar-refractivity contribution in [2.75, 3.05) is 0 Å². The summed E-state index contributed by atoms with van der Waals surface area (Å²) in [7, 11) is 0. The Hall–Kier alpha value is -1.10. The average Bonchev–Trinajstić information content (AvgIpc) is 2.03. The number of carboxylic acid groups (broad SMARTS) is 1. The van der Waals surface area contributed by atoms with Crippen LogP contribution in [0.3, 0.4) is 0 Å². The number of amides is 1. The van der Waals surface area contributed by atoms with E-state index in [9.17, 15) is 9.59 Å². The highest BCUT2D eigenvalue weighted by molar-refractivity contribution is 5.83. The van der Waals surface area contributed by atoms with Crippen LogP contribution in [0.1, 0.15) is 27.2 Å². The molecule has 0 bridgehead atoms. The molecular formula is C9H18N2O3. The number of carbonyl (C=O) groups is 2. The molecule has 0 aliphatic carbocycles. The summed E-state index contributed by atoms with van der Waals surface area (Å²) in [4.78, 5) is 21.6. The second kappa shape index (κ2) is 5.59. The predicted octanol–water partition coefficient (Wildman–Crippen LogP) is -0.0509. The van der Waals surface area contributed by atoms with E-state index in [1.807, 2.05) is 13.8 Å². The van der Waals surface area contributed by atoms with Crippen molar-refractivity contribution in [3.05, 3.63) is 0 Å². The van der Waals surface area contributed by atoms with E-state index < -0.39 is 12.0 Å². The fraction of sp³-hybridized carbons (Fsp3) is 0.778. The molecule has 0 saturated carbocycles. The lowest BCUT2D eigenvalue weighted by atomic mass is 10.0. The first-order valence-electron chi connectivity index (χ1n) is 4.62. The van der Waals surface area contributed by atoms with Gasteiger partial charge in [0.15, 0.2) is 0 Å². The summed E-state index contributed by atoms with van der Waals surface area (Å²) in [5, 5.41) is 10.9. The van der Waals surface area contributed by atoms with Crippen molar-refractivity contribution in [2.24, 2.45) is 11.7 Å². The molecule has 0 rings (SSSR count). The number of rotatable bonds is 5. The summed E-state index contributed by atoms with van der Waals surface area (Å²) < 4.78 is 0. The standard InChI is InChI=1S/C9H18N2O3/c1-5(2)7(10)4-8(12)11-6(3)9(13)14/h5-7H,4,10H2,1-3H3,(H,11,12)(H,13,14)/t6-,7?/m0/s1. The van der Waals surface area contributed by atoms with Crippen molar-refractivity contribution in [3.8, 4) is 0 Å². The third kappa shape index (κ3) is 4.81. The van der Waals surface area contributed by atoms with Crippen molar-refractivity contribution in [3.63, 3.8) is 0 Å². The molecule has 1 unspecified atom stereocenters. The fourth-order valence-electron chi connectivity index (χ4n) is 0.812. The first-order chi connectivity index (χ1) is 6.34. The molecule has 0 aliphatic rings. The average molecular weight is 202 g/mol. The van der Waals surface area contributed by atoms with Gasteiger partial charge in [-0.3, -0.25) is 9.59 Å². The minimum atomic E-state index is -1.04. The predicted molar refractivity (Wildman–Crippen MR) is 52.7 cm³/mol. The van der Waals surface area contributed by atoms with Gasteiger partial charge in [-0.2, -0.15) is 0 Å². The molecule has 0 aromatic heterocycles. The molecule has 82 valence electrons. The van der Waals surface area contributed by atoms with Gasteiger partial charge < -0.3 is 16.2 Å². The van der Waals surface area contributed by atoms with Crippen LogP contribution in [0.4, 0.5) is 0 Å². The molecule has 2 atom stereocenters. The highest BCUT2D eigenvalue weighted by Gasteiger charge is 2.17. The Morgan fingerprint density at radius 3 is 2.21 bits per heavy atom. The topological polar surface area (TPSA) is 92.4 Å². The van der Waals surface area contributed by atoms with Crippen molar-refractivity contribution in [1.29, 1.82) is 0 Å². The van der Waals surface area contributed by atoms with Gasteiger partial charge in [-0.05, 0) is 12.8 Å². The number of nitrogens with one attached hydrogen (secondary N) is 1. The quantitative estimate of drug-likeness (QED) is 0.582. The molecule has 4 N–H and O–H groups in total. The maximum absolute atomic E-state index is 11.2. The van der Waals surface area contributed by atoms with E-state index in [2.05, 4.69) is 5.32 Å². The van der Waals surface area contributed by atoms with Crippen molar-refractivity contribution in [1.82, 2.24) is 5.32 Å². The lowest BCUT2D eigenvalue weighted by Gasteiger charge is -2.16. The van der Waals surface area contributed by atoms with Crippen LogP contribution in [-0.2, 0) is 9.59 Å². The van der Waals surface area contributed by atoms with E-state index in [1.165, 1.54) is 6.92 Å². The first-order valence-corrected chi connectivity index (χ1v) is 4.62. The molecular weight excluding hydrogens is 184 g/mol. The number of hydrogen-bond donors (Lipinski definition) is 3. The van der Waals surface area contributed by atoms with Crippen LogP contribution >= 0.6 is 0 Å². The van der Waals surface area contributed by atoms with Crippen LogP contribution in [0.25, 0.3) is 0 Å². The highest BCUT2D eigenvalue weighted by atomic mass is 16.4. The molecule has 0 fully saturated rings. The zero-order valence-corrected chi connectivity index (χ0v) is 8.78. The van der Waals surface area contributed by atoms with E-state index >= 15 is 0 Å². The molecule has 5 heteroatoms. The largest absolute Gasteiger partial charge is 0.480 e. The van der Waals surface area contributed by atoms with Gasteiger partial charge in [-0.25, -0.2) is 0 Å². The van der Waals surface area contributed by atoms with Crippen molar-refractivity contribution < 1.29 is 14.7 Å². The molecule has 0 aromatic carbocycles. The molecule has 0 spiro atoms. The molecule has 5 nitrogen and oxygen atoms in total. The summed E-state index contributed by atoms with van der Waals surface area (Å²) >= 11 is 0. The number of hydrogen-bond acceptors (Lipinski definition) is 3. The van der Waals surface area contributed by atoms with Gasteiger partial charge in [0.05, 0.1) is 0 Å². The maximum atomic E-state index is 11.2. The van der Waals surface area contributed by atoms with E-state index in [1.54, 1.807) is 0 Å². The van der Waals surface area contributed by atoms with Gasteiger partial charge in [0.2, 0.25) is 5.91 Å². The van der Waals surface area contributed by atoms with Gasteiger partial charge in [0.1, 0.15) is 6.04 Å². The number of nitrogens with two attached hydrogens (primary N) is 1. The van der Waals surface area contributed by atoms with E-state index in [4.69, 9.17) is 10.8 Å². The molecule has 0 aromatic rings. The van der Waals surface area contributed by atoms with Crippen LogP contribution in [-0.4, -0.2) is 29.1 Å². The van der Waals surface area contributed by atoms with Gasteiger partial charge >= 0.3 is 5.97 Å². The Kier molecular flexibility index (Phi) is 5.15. The highest BCUT2D eigenvalue weighted by Crippen LogP contribution is 2.02.